The van der Waals surface area contributed by atoms with E-state index in [0.29, 0.717) is 18.8 Å². The van der Waals surface area contributed by atoms with Gasteiger partial charge in [-0.15, -0.1) is 0 Å². The molecule has 0 N–H and O–H groups in total. The third-order valence-corrected chi connectivity index (χ3v) is 3.23. The maximum atomic E-state index is 10.5. The van der Waals surface area contributed by atoms with Gasteiger partial charge in [0.15, 0.2) is 0 Å². The molecule has 0 heterocycles. The summed E-state index contributed by atoms with van der Waals surface area (Å²) in [5, 5.41) is 21.0. The van der Waals surface area contributed by atoms with Crippen molar-refractivity contribution in [2.45, 2.75) is 52.9 Å². The smallest absolute Gasteiger partial charge is 0.0442 e. The summed E-state index contributed by atoms with van der Waals surface area (Å²) in [6.45, 7) is 5.37. The summed E-state index contributed by atoms with van der Waals surface area (Å²) >= 11 is 0. The molecule has 17 heavy (non-hydrogen) atoms. The summed E-state index contributed by atoms with van der Waals surface area (Å²) < 4.78 is 0. The Bertz CT molecular complexity index is 250. The van der Waals surface area contributed by atoms with Gasteiger partial charge in [0.05, 0.1) is 0 Å². The molecule has 100 valence electrons. The molecule has 3 atom stereocenters. The lowest BCUT2D eigenvalue weighted by molar-refractivity contribution is -0.312. The lowest BCUT2D eigenvalue weighted by Crippen LogP contribution is -2.29. The van der Waals surface area contributed by atoms with E-state index >= 15 is 0 Å². The molecule has 0 bridgehead atoms. The van der Waals surface area contributed by atoms with Crippen molar-refractivity contribution < 1.29 is 19.8 Å². The van der Waals surface area contributed by atoms with Crippen LogP contribution in [0.2, 0.25) is 0 Å². The van der Waals surface area contributed by atoms with Crippen molar-refractivity contribution >= 4 is 11.9 Å². The third kappa shape index (κ3) is 7.77. The van der Waals surface area contributed by atoms with Crippen molar-refractivity contribution in [1.82, 2.24) is 0 Å². The van der Waals surface area contributed by atoms with E-state index in [2.05, 4.69) is 6.92 Å². The van der Waals surface area contributed by atoms with E-state index in [4.69, 9.17) is 0 Å². The highest BCUT2D eigenvalue weighted by molar-refractivity contribution is 5.67. The van der Waals surface area contributed by atoms with E-state index in [0.717, 1.165) is 19.3 Å². The maximum absolute atomic E-state index is 10.5. The van der Waals surface area contributed by atoms with Gasteiger partial charge in [0, 0.05) is 11.9 Å². The van der Waals surface area contributed by atoms with E-state index in [1.807, 2.05) is 0 Å². The van der Waals surface area contributed by atoms with E-state index in [9.17, 15) is 19.8 Å². The number of aliphatic carboxylic acids is 2. The topological polar surface area (TPSA) is 80.3 Å². The second-order valence-corrected chi connectivity index (χ2v) is 5.05. The SMILES string of the molecule is CC(CCCC(C)C(=O)[O-])CCC(C)C(=O)[O-]. The van der Waals surface area contributed by atoms with Crippen LogP contribution in [0.4, 0.5) is 0 Å². The molecule has 0 fully saturated rings. The molecule has 0 aliphatic rings. The Morgan fingerprint density at radius 3 is 1.76 bits per heavy atom. The molecule has 0 aliphatic carbocycles. The molecule has 0 amide bonds. The standard InChI is InChI=1S/C13H24O4/c1-9(7-8-11(3)13(16)17)5-4-6-10(2)12(14)15/h9-11H,4-8H2,1-3H3,(H,14,15)(H,16,17)/p-2. The average Bonchev–Trinajstić information content (AvgIpc) is 2.25. The number of carboxylic acid groups (broad SMARTS) is 2. The van der Waals surface area contributed by atoms with Gasteiger partial charge in [-0.05, 0) is 30.6 Å². The summed E-state index contributed by atoms with van der Waals surface area (Å²) in [7, 11) is 0. The zero-order chi connectivity index (χ0) is 13.4. The first kappa shape index (κ1) is 15.9. The van der Waals surface area contributed by atoms with Gasteiger partial charge in [-0.1, -0.05) is 40.0 Å². The van der Waals surface area contributed by atoms with E-state index < -0.39 is 23.8 Å². The summed E-state index contributed by atoms with van der Waals surface area (Å²) in [6, 6.07) is 0. The molecule has 0 saturated carbocycles. The predicted molar refractivity (Wildman–Crippen MR) is 60.6 cm³/mol. The van der Waals surface area contributed by atoms with E-state index in [-0.39, 0.29) is 0 Å². The van der Waals surface area contributed by atoms with Crippen LogP contribution in [0.5, 0.6) is 0 Å². The molecule has 4 heteroatoms. The lowest BCUT2D eigenvalue weighted by Gasteiger charge is -2.17. The maximum Gasteiger partial charge on any atom is 0.0442 e. The van der Waals surface area contributed by atoms with Gasteiger partial charge in [0.25, 0.3) is 0 Å². The van der Waals surface area contributed by atoms with Crippen LogP contribution >= 0.6 is 0 Å². The minimum absolute atomic E-state index is 0.399. The lowest BCUT2D eigenvalue weighted by atomic mass is 9.92. The first-order valence-electron chi connectivity index (χ1n) is 6.26. The second-order valence-electron chi connectivity index (χ2n) is 5.05. The molecule has 0 aliphatic heterocycles. The molecule has 0 spiro atoms. The van der Waals surface area contributed by atoms with Crippen LogP contribution in [0.15, 0.2) is 0 Å². The highest BCUT2D eigenvalue weighted by Gasteiger charge is 2.09. The number of hydrogen-bond acceptors (Lipinski definition) is 4. The molecule has 0 aromatic rings. The zero-order valence-corrected chi connectivity index (χ0v) is 10.9. The molecule has 0 radical (unpaired) electrons. The van der Waals surface area contributed by atoms with Crippen molar-refractivity contribution in [2.75, 3.05) is 0 Å². The van der Waals surface area contributed by atoms with Crippen LogP contribution < -0.4 is 10.2 Å². The molecular weight excluding hydrogens is 220 g/mol. The molecule has 0 rings (SSSR count). The zero-order valence-electron chi connectivity index (χ0n) is 10.9. The van der Waals surface area contributed by atoms with E-state index in [1.165, 1.54) is 0 Å². The van der Waals surface area contributed by atoms with Crippen LogP contribution in [0.25, 0.3) is 0 Å². The van der Waals surface area contributed by atoms with Gasteiger partial charge in [-0.3, -0.25) is 0 Å². The summed E-state index contributed by atoms with van der Waals surface area (Å²) in [6.07, 6.45) is 3.87. The highest BCUT2D eigenvalue weighted by atomic mass is 16.4. The Morgan fingerprint density at radius 1 is 0.824 bits per heavy atom. The van der Waals surface area contributed by atoms with Gasteiger partial charge < -0.3 is 19.8 Å². The van der Waals surface area contributed by atoms with Crippen molar-refractivity contribution in [3.05, 3.63) is 0 Å². The summed E-state index contributed by atoms with van der Waals surface area (Å²) in [5.41, 5.74) is 0. The highest BCUT2D eigenvalue weighted by Crippen LogP contribution is 2.19. The first-order valence-corrected chi connectivity index (χ1v) is 6.26. The number of hydrogen-bond donors (Lipinski definition) is 0. The number of carbonyl (C=O) groups excluding carboxylic acids is 2. The number of carboxylic acids is 2. The Labute approximate surface area is 103 Å². The molecule has 0 saturated heterocycles. The fourth-order valence-electron chi connectivity index (χ4n) is 1.69. The molecule has 0 aromatic carbocycles. The van der Waals surface area contributed by atoms with Crippen LogP contribution in [0.1, 0.15) is 52.9 Å². The number of carbonyl (C=O) groups is 2. The molecular formula is C13H22O4-2. The minimum atomic E-state index is -0.997. The van der Waals surface area contributed by atoms with E-state index in [1.54, 1.807) is 13.8 Å². The van der Waals surface area contributed by atoms with Crippen LogP contribution in [0, 0.1) is 17.8 Å². The van der Waals surface area contributed by atoms with Crippen LogP contribution in [-0.4, -0.2) is 11.9 Å². The summed E-state index contributed by atoms with van der Waals surface area (Å²) in [5.74, 6) is -2.37. The second kappa shape index (κ2) is 8.09. The Kier molecular flexibility index (Phi) is 7.59. The van der Waals surface area contributed by atoms with Crippen molar-refractivity contribution in [1.29, 1.82) is 0 Å². The Morgan fingerprint density at radius 2 is 1.29 bits per heavy atom. The van der Waals surface area contributed by atoms with Crippen LogP contribution in [0.3, 0.4) is 0 Å². The minimum Gasteiger partial charge on any atom is -0.550 e. The molecule has 3 unspecified atom stereocenters. The van der Waals surface area contributed by atoms with Crippen molar-refractivity contribution in [3.63, 3.8) is 0 Å². The quantitative estimate of drug-likeness (QED) is 0.584. The Balaban J connectivity index is 3.63. The largest absolute Gasteiger partial charge is 0.550 e. The molecule has 4 nitrogen and oxygen atoms in total. The average molecular weight is 242 g/mol. The van der Waals surface area contributed by atoms with Crippen molar-refractivity contribution in [2.24, 2.45) is 17.8 Å². The Hall–Kier alpha value is -1.06. The predicted octanol–water partition coefficient (Wildman–Crippen LogP) is 0.345. The van der Waals surface area contributed by atoms with Gasteiger partial charge >= 0.3 is 0 Å². The summed E-state index contributed by atoms with van der Waals surface area (Å²) in [4.78, 5) is 21.0. The third-order valence-electron chi connectivity index (χ3n) is 3.23. The first-order chi connectivity index (χ1) is 7.84. The van der Waals surface area contributed by atoms with Gasteiger partial charge in [-0.25, -0.2) is 0 Å². The van der Waals surface area contributed by atoms with Gasteiger partial charge in [0.2, 0.25) is 0 Å². The van der Waals surface area contributed by atoms with Crippen LogP contribution in [-0.2, 0) is 9.59 Å². The van der Waals surface area contributed by atoms with Gasteiger partial charge in [-0.2, -0.15) is 0 Å². The van der Waals surface area contributed by atoms with Gasteiger partial charge in [0.1, 0.15) is 0 Å². The fraction of sp³-hybridized carbons (Fsp3) is 0.846. The number of rotatable bonds is 9. The molecule has 0 aromatic heterocycles. The fourth-order valence-corrected chi connectivity index (χ4v) is 1.69. The normalized spacial score (nSPS) is 16.2. The monoisotopic (exact) mass is 242 g/mol. The van der Waals surface area contributed by atoms with Crippen molar-refractivity contribution in [3.8, 4) is 0 Å².